The lowest BCUT2D eigenvalue weighted by Gasteiger charge is -2.17. The maximum Gasteiger partial charge on any atom is 0.241 e. The summed E-state index contributed by atoms with van der Waals surface area (Å²) in [4.78, 5) is 0.339. The highest BCUT2D eigenvalue weighted by Crippen LogP contribution is 2.21. The van der Waals surface area contributed by atoms with Crippen LogP contribution >= 0.6 is 0 Å². The number of hydrogen-bond donors (Lipinski definition) is 2. The molecule has 0 heterocycles. The van der Waals surface area contributed by atoms with E-state index < -0.39 is 10.0 Å². The number of rotatable bonds is 7. The fourth-order valence-electron chi connectivity index (χ4n) is 2.10. The van der Waals surface area contributed by atoms with Crippen molar-refractivity contribution in [2.24, 2.45) is 0 Å². The second-order valence-electron chi connectivity index (χ2n) is 5.04. The molecule has 0 amide bonds. The lowest BCUT2D eigenvalue weighted by molar-refractivity contribution is 0.180. The molecular formula is C14H24N2O3S. The lowest BCUT2D eigenvalue weighted by Crippen LogP contribution is -2.36. The van der Waals surface area contributed by atoms with Gasteiger partial charge < -0.3 is 10.1 Å². The SMILES string of the molecule is CNCc1cc(C)c(C)c(S(=O)(=O)NC(C)COC)c1. The average Bonchev–Trinajstić information content (AvgIpc) is 2.33. The van der Waals surface area contributed by atoms with E-state index in [2.05, 4.69) is 10.0 Å². The molecule has 114 valence electrons. The smallest absolute Gasteiger partial charge is 0.241 e. The van der Waals surface area contributed by atoms with Crippen molar-refractivity contribution >= 4 is 10.0 Å². The largest absolute Gasteiger partial charge is 0.383 e. The predicted octanol–water partition coefficient (Wildman–Crippen LogP) is 1.34. The summed E-state index contributed by atoms with van der Waals surface area (Å²) in [6.07, 6.45) is 0. The molecule has 0 saturated carbocycles. The third kappa shape index (κ3) is 4.28. The molecule has 0 bridgehead atoms. The quantitative estimate of drug-likeness (QED) is 0.797. The van der Waals surface area contributed by atoms with Gasteiger partial charge in [0.25, 0.3) is 0 Å². The minimum absolute atomic E-state index is 0.266. The predicted molar refractivity (Wildman–Crippen MR) is 80.3 cm³/mol. The molecule has 5 nitrogen and oxygen atoms in total. The van der Waals surface area contributed by atoms with Crippen LogP contribution < -0.4 is 10.0 Å². The van der Waals surface area contributed by atoms with Gasteiger partial charge in [0.1, 0.15) is 0 Å². The number of sulfonamides is 1. The van der Waals surface area contributed by atoms with Gasteiger partial charge in [0.15, 0.2) is 0 Å². The highest BCUT2D eigenvalue weighted by atomic mass is 32.2. The zero-order valence-electron chi connectivity index (χ0n) is 12.8. The normalized spacial score (nSPS) is 13.4. The average molecular weight is 300 g/mol. The van der Waals surface area contributed by atoms with Crippen LogP contribution in [0, 0.1) is 13.8 Å². The van der Waals surface area contributed by atoms with E-state index in [9.17, 15) is 8.42 Å². The molecule has 0 saturated heterocycles. The summed E-state index contributed by atoms with van der Waals surface area (Å²) in [5, 5.41) is 3.04. The third-order valence-electron chi connectivity index (χ3n) is 3.12. The van der Waals surface area contributed by atoms with Crippen LogP contribution in [0.15, 0.2) is 17.0 Å². The van der Waals surface area contributed by atoms with E-state index in [1.54, 1.807) is 20.1 Å². The van der Waals surface area contributed by atoms with E-state index in [0.717, 1.165) is 16.7 Å². The van der Waals surface area contributed by atoms with Crippen LogP contribution in [-0.2, 0) is 21.3 Å². The van der Waals surface area contributed by atoms with E-state index >= 15 is 0 Å². The Morgan fingerprint density at radius 1 is 1.30 bits per heavy atom. The highest BCUT2D eigenvalue weighted by Gasteiger charge is 2.21. The number of benzene rings is 1. The molecule has 2 N–H and O–H groups in total. The minimum Gasteiger partial charge on any atom is -0.383 e. The molecule has 6 heteroatoms. The number of methoxy groups -OCH3 is 1. The van der Waals surface area contributed by atoms with Gasteiger partial charge in [0, 0.05) is 19.7 Å². The minimum atomic E-state index is -3.53. The Hall–Kier alpha value is -0.950. The molecule has 0 aliphatic carbocycles. The monoisotopic (exact) mass is 300 g/mol. The molecular weight excluding hydrogens is 276 g/mol. The van der Waals surface area contributed by atoms with Crippen LogP contribution in [0.3, 0.4) is 0 Å². The molecule has 1 aromatic carbocycles. The first-order chi connectivity index (χ1) is 9.31. The van der Waals surface area contributed by atoms with Gasteiger partial charge in [0.2, 0.25) is 10.0 Å². The molecule has 0 radical (unpaired) electrons. The molecule has 1 rings (SSSR count). The molecule has 20 heavy (non-hydrogen) atoms. The fraction of sp³-hybridized carbons (Fsp3) is 0.571. The summed E-state index contributed by atoms with van der Waals surface area (Å²) >= 11 is 0. The van der Waals surface area contributed by atoms with Gasteiger partial charge in [-0.25, -0.2) is 13.1 Å². The van der Waals surface area contributed by atoms with Crippen molar-refractivity contribution in [1.29, 1.82) is 0 Å². The van der Waals surface area contributed by atoms with E-state index in [1.165, 1.54) is 0 Å². The zero-order valence-corrected chi connectivity index (χ0v) is 13.6. The van der Waals surface area contributed by atoms with Gasteiger partial charge in [-0.3, -0.25) is 0 Å². The second-order valence-corrected chi connectivity index (χ2v) is 6.73. The van der Waals surface area contributed by atoms with Crippen molar-refractivity contribution in [3.05, 3.63) is 28.8 Å². The van der Waals surface area contributed by atoms with E-state index in [1.807, 2.05) is 27.0 Å². The maximum atomic E-state index is 12.5. The van der Waals surface area contributed by atoms with Crippen LogP contribution in [-0.4, -0.2) is 35.2 Å². The van der Waals surface area contributed by atoms with Crippen LogP contribution in [0.5, 0.6) is 0 Å². The Labute approximate surface area is 121 Å². The van der Waals surface area contributed by atoms with Crippen LogP contribution in [0.2, 0.25) is 0 Å². The van der Waals surface area contributed by atoms with Gasteiger partial charge in [-0.15, -0.1) is 0 Å². The Morgan fingerprint density at radius 3 is 2.50 bits per heavy atom. The van der Waals surface area contributed by atoms with Crippen molar-refractivity contribution in [2.45, 2.75) is 38.3 Å². The van der Waals surface area contributed by atoms with Crippen LogP contribution in [0.4, 0.5) is 0 Å². The molecule has 0 aliphatic heterocycles. The molecule has 0 fully saturated rings. The van der Waals surface area contributed by atoms with E-state index in [4.69, 9.17) is 4.74 Å². The van der Waals surface area contributed by atoms with Gasteiger partial charge in [0.05, 0.1) is 11.5 Å². The molecule has 0 aliphatic rings. The van der Waals surface area contributed by atoms with Crippen molar-refractivity contribution in [3.63, 3.8) is 0 Å². The lowest BCUT2D eigenvalue weighted by atomic mass is 10.1. The first-order valence-electron chi connectivity index (χ1n) is 6.57. The second kappa shape index (κ2) is 7.17. The van der Waals surface area contributed by atoms with E-state index in [0.29, 0.717) is 18.0 Å². The van der Waals surface area contributed by atoms with Crippen LogP contribution in [0.25, 0.3) is 0 Å². The first-order valence-corrected chi connectivity index (χ1v) is 8.06. The molecule has 0 aromatic heterocycles. The van der Waals surface area contributed by atoms with Crippen molar-refractivity contribution < 1.29 is 13.2 Å². The third-order valence-corrected chi connectivity index (χ3v) is 4.84. The summed E-state index contributed by atoms with van der Waals surface area (Å²) in [5.74, 6) is 0. The van der Waals surface area contributed by atoms with Gasteiger partial charge in [-0.2, -0.15) is 0 Å². The van der Waals surface area contributed by atoms with E-state index in [-0.39, 0.29) is 6.04 Å². The summed E-state index contributed by atoms with van der Waals surface area (Å²) in [6, 6.07) is 3.46. The highest BCUT2D eigenvalue weighted by molar-refractivity contribution is 7.89. The Balaban J connectivity index is 3.16. The van der Waals surface area contributed by atoms with Crippen LogP contribution in [0.1, 0.15) is 23.6 Å². The van der Waals surface area contributed by atoms with Crippen molar-refractivity contribution in [3.8, 4) is 0 Å². The van der Waals surface area contributed by atoms with Gasteiger partial charge in [-0.1, -0.05) is 6.07 Å². The van der Waals surface area contributed by atoms with Crippen molar-refractivity contribution in [1.82, 2.24) is 10.0 Å². The number of hydrogen-bond acceptors (Lipinski definition) is 4. The van der Waals surface area contributed by atoms with Gasteiger partial charge in [-0.05, 0) is 50.6 Å². The van der Waals surface area contributed by atoms with Crippen molar-refractivity contribution in [2.75, 3.05) is 20.8 Å². The molecule has 1 atom stereocenters. The Kier molecular flexibility index (Phi) is 6.13. The number of ether oxygens (including phenoxy) is 1. The number of aryl methyl sites for hydroxylation is 1. The Morgan fingerprint density at radius 2 is 1.95 bits per heavy atom. The summed E-state index contributed by atoms with van der Waals surface area (Å²) < 4.78 is 32.5. The molecule has 1 unspecified atom stereocenters. The molecule has 0 spiro atoms. The summed E-state index contributed by atoms with van der Waals surface area (Å²) in [5.41, 5.74) is 2.70. The fourth-order valence-corrected chi connectivity index (χ4v) is 3.69. The maximum absolute atomic E-state index is 12.5. The Bertz CT molecular complexity index is 556. The zero-order chi connectivity index (χ0) is 15.3. The first kappa shape index (κ1) is 17.1. The number of nitrogens with one attached hydrogen (secondary N) is 2. The standard InChI is InChI=1S/C14H24N2O3S/c1-10-6-13(8-15-4)7-14(12(10)3)20(17,18)16-11(2)9-19-5/h6-7,11,15-16H,8-9H2,1-5H3. The summed E-state index contributed by atoms with van der Waals surface area (Å²) in [7, 11) is -0.149. The topological polar surface area (TPSA) is 67.4 Å². The molecule has 1 aromatic rings. The summed E-state index contributed by atoms with van der Waals surface area (Å²) in [6.45, 7) is 6.51. The van der Waals surface area contributed by atoms with Gasteiger partial charge >= 0.3 is 0 Å².